The first kappa shape index (κ1) is 19.8. The van der Waals surface area contributed by atoms with Crippen LogP contribution in [-0.2, 0) is 4.79 Å². The number of halogens is 1. The minimum Gasteiger partial charge on any atom is -0.492 e. The van der Waals surface area contributed by atoms with Gasteiger partial charge in [0.15, 0.2) is 6.61 Å². The molecule has 6 nitrogen and oxygen atoms in total. The first-order chi connectivity index (χ1) is 14.6. The molecule has 30 heavy (non-hydrogen) atoms. The molecule has 0 bridgehead atoms. The van der Waals surface area contributed by atoms with Crippen molar-refractivity contribution in [2.45, 2.75) is 0 Å². The van der Waals surface area contributed by atoms with Crippen LogP contribution in [0.4, 0.5) is 11.4 Å². The monoisotopic (exact) mass is 422 g/mol. The van der Waals surface area contributed by atoms with Gasteiger partial charge in [0.05, 0.1) is 12.2 Å². The van der Waals surface area contributed by atoms with E-state index in [9.17, 15) is 9.59 Å². The largest absolute Gasteiger partial charge is 0.492 e. The zero-order valence-corrected chi connectivity index (χ0v) is 16.8. The lowest BCUT2D eigenvalue weighted by atomic mass is 10.2. The fourth-order valence-corrected chi connectivity index (χ4v) is 3.23. The molecule has 0 saturated carbocycles. The maximum atomic E-state index is 12.4. The quantitative estimate of drug-likeness (QED) is 0.639. The predicted octanol–water partition coefficient (Wildman–Crippen LogP) is 4.40. The molecule has 0 aliphatic carbocycles. The highest BCUT2D eigenvalue weighted by atomic mass is 35.5. The van der Waals surface area contributed by atoms with Gasteiger partial charge in [-0.3, -0.25) is 9.59 Å². The van der Waals surface area contributed by atoms with Crippen molar-refractivity contribution in [1.82, 2.24) is 0 Å². The molecule has 1 N–H and O–H groups in total. The SMILES string of the molecule is O=C(Nc1ccc2c(c1)OCC(=O)N2CCOc1ccccc1)c1ccc(Cl)cc1. The number of amides is 2. The molecule has 2 amide bonds. The second-order valence-corrected chi connectivity index (χ2v) is 7.08. The third-order valence-corrected chi connectivity index (χ3v) is 4.85. The molecule has 152 valence electrons. The zero-order valence-electron chi connectivity index (χ0n) is 16.0. The zero-order chi connectivity index (χ0) is 20.9. The van der Waals surface area contributed by atoms with Crippen LogP contribution in [-0.4, -0.2) is 31.6 Å². The van der Waals surface area contributed by atoms with Crippen LogP contribution in [0.2, 0.25) is 5.02 Å². The lowest BCUT2D eigenvalue weighted by Crippen LogP contribution is -2.41. The van der Waals surface area contributed by atoms with Gasteiger partial charge in [0.25, 0.3) is 11.8 Å². The van der Waals surface area contributed by atoms with E-state index >= 15 is 0 Å². The molecule has 0 saturated heterocycles. The van der Waals surface area contributed by atoms with Gasteiger partial charge >= 0.3 is 0 Å². The van der Waals surface area contributed by atoms with Crippen LogP contribution < -0.4 is 19.7 Å². The fraction of sp³-hybridized carbons (Fsp3) is 0.130. The summed E-state index contributed by atoms with van der Waals surface area (Å²) in [5.74, 6) is 0.880. The number of hydrogen-bond acceptors (Lipinski definition) is 4. The van der Waals surface area contributed by atoms with Crippen molar-refractivity contribution < 1.29 is 19.1 Å². The van der Waals surface area contributed by atoms with E-state index in [1.54, 1.807) is 47.4 Å². The van der Waals surface area contributed by atoms with Crippen molar-refractivity contribution in [2.24, 2.45) is 0 Å². The van der Waals surface area contributed by atoms with E-state index in [0.717, 1.165) is 5.75 Å². The van der Waals surface area contributed by atoms with E-state index in [4.69, 9.17) is 21.1 Å². The normalized spacial score (nSPS) is 12.7. The Labute approximate surface area is 179 Å². The minimum absolute atomic E-state index is 0.0626. The summed E-state index contributed by atoms with van der Waals surface area (Å²) in [6, 6.07) is 21.3. The number of para-hydroxylation sites is 1. The van der Waals surface area contributed by atoms with Gasteiger partial charge in [-0.05, 0) is 48.5 Å². The molecule has 0 fully saturated rings. The molecule has 4 rings (SSSR count). The van der Waals surface area contributed by atoms with Gasteiger partial charge < -0.3 is 19.7 Å². The number of anilines is 2. The molecular formula is C23H19ClN2O4. The Morgan fingerprint density at radius 3 is 2.60 bits per heavy atom. The van der Waals surface area contributed by atoms with Crippen LogP contribution in [0.3, 0.4) is 0 Å². The van der Waals surface area contributed by atoms with E-state index in [1.807, 2.05) is 30.3 Å². The topological polar surface area (TPSA) is 67.9 Å². The third kappa shape index (κ3) is 4.55. The number of carbonyl (C=O) groups excluding carboxylic acids is 2. The summed E-state index contributed by atoms with van der Waals surface area (Å²) in [5.41, 5.74) is 1.71. The molecule has 1 aliphatic heterocycles. The number of carbonyl (C=O) groups is 2. The van der Waals surface area contributed by atoms with Crippen LogP contribution in [0.15, 0.2) is 72.8 Å². The van der Waals surface area contributed by atoms with Crippen molar-refractivity contribution in [3.8, 4) is 11.5 Å². The number of rotatable bonds is 6. The van der Waals surface area contributed by atoms with Crippen LogP contribution >= 0.6 is 11.6 Å². The Hall–Kier alpha value is -3.51. The van der Waals surface area contributed by atoms with Gasteiger partial charge in [0.2, 0.25) is 0 Å². The minimum atomic E-state index is -0.258. The van der Waals surface area contributed by atoms with Crippen LogP contribution in [0.5, 0.6) is 11.5 Å². The second kappa shape index (κ2) is 8.88. The average molecular weight is 423 g/mol. The van der Waals surface area contributed by atoms with Crippen molar-refractivity contribution in [2.75, 3.05) is 30.0 Å². The Kier molecular flexibility index (Phi) is 5.86. The Bertz CT molecular complexity index is 1050. The molecule has 3 aromatic carbocycles. The lowest BCUT2D eigenvalue weighted by molar-refractivity contribution is -0.121. The highest BCUT2D eigenvalue weighted by molar-refractivity contribution is 6.30. The Balaban J connectivity index is 1.44. The average Bonchev–Trinajstić information content (AvgIpc) is 2.76. The predicted molar refractivity (Wildman–Crippen MR) is 116 cm³/mol. The standard InChI is InChI=1S/C23H19ClN2O4/c24-17-8-6-16(7-9-17)23(28)25-18-10-11-20-21(14-18)30-15-22(27)26(20)12-13-29-19-4-2-1-3-5-19/h1-11,14H,12-13,15H2,(H,25,28). The summed E-state index contributed by atoms with van der Waals surface area (Å²) in [5, 5.41) is 3.39. The summed E-state index contributed by atoms with van der Waals surface area (Å²) >= 11 is 5.86. The molecule has 0 spiro atoms. The lowest BCUT2D eigenvalue weighted by Gasteiger charge is -2.29. The number of benzene rings is 3. The second-order valence-electron chi connectivity index (χ2n) is 6.64. The highest BCUT2D eigenvalue weighted by Crippen LogP contribution is 2.34. The summed E-state index contributed by atoms with van der Waals surface area (Å²) in [6.07, 6.45) is 0. The Morgan fingerprint density at radius 2 is 1.83 bits per heavy atom. The first-order valence-corrected chi connectivity index (χ1v) is 9.80. The summed E-state index contributed by atoms with van der Waals surface area (Å²) < 4.78 is 11.3. The van der Waals surface area contributed by atoms with Gasteiger partial charge in [0.1, 0.15) is 18.1 Å². The summed E-state index contributed by atoms with van der Waals surface area (Å²) in [6.45, 7) is 0.678. The van der Waals surface area contributed by atoms with E-state index in [0.29, 0.717) is 40.9 Å². The van der Waals surface area contributed by atoms with Crippen molar-refractivity contribution in [1.29, 1.82) is 0 Å². The number of fused-ring (bicyclic) bond motifs is 1. The van der Waals surface area contributed by atoms with Crippen molar-refractivity contribution in [3.05, 3.63) is 83.4 Å². The number of ether oxygens (including phenoxy) is 2. The van der Waals surface area contributed by atoms with Crippen LogP contribution in [0, 0.1) is 0 Å². The van der Waals surface area contributed by atoms with Crippen molar-refractivity contribution >= 4 is 34.8 Å². The molecule has 3 aromatic rings. The van der Waals surface area contributed by atoms with Gasteiger partial charge in [-0.25, -0.2) is 0 Å². The van der Waals surface area contributed by atoms with Gasteiger partial charge in [-0.1, -0.05) is 29.8 Å². The molecular weight excluding hydrogens is 404 g/mol. The van der Waals surface area contributed by atoms with E-state index < -0.39 is 0 Å². The molecule has 0 aromatic heterocycles. The molecule has 1 heterocycles. The number of nitrogens with one attached hydrogen (secondary N) is 1. The van der Waals surface area contributed by atoms with E-state index in [2.05, 4.69) is 5.32 Å². The van der Waals surface area contributed by atoms with E-state index in [-0.39, 0.29) is 18.4 Å². The maximum absolute atomic E-state index is 12.4. The van der Waals surface area contributed by atoms with Crippen LogP contribution in [0.25, 0.3) is 0 Å². The molecule has 7 heteroatoms. The molecule has 0 radical (unpaired) electrons. The highest BCUT2D eigenvalue weighted by Gasteiger charge is 2.26. The van der Waals surface area contributed by atoms with E-state index in [1.165, 1.54) is 0 Å². The fourth-order valence-electron chi connectivity index (χ4n) is 3.10. The molecule has 0 unspecified atom stereocenters. The number of nitrogens with zero attached hydrogens (tertiary/aromatic N) is 1. The number of hydrogen-bond donors (Lipinski definition) is 1. The molecule has 0 atom stereocenters. The molecule has 1 aliphatic rings. The van der Waals surface area contributed by atoms with Crippen LogP contribution in [0.1, 0.15) is 10.4 Å². The first-order valence-electron chi connectivity index (χ1n) is 9.42. The summed E-state index contributed by atoms with van der Waals surface area (Å²) in [4.78, 5) is 26.4. The smallest absolute Gasteiger partial charge is 0.265 e. The van der Waals surface area contributed by atoms with Gasteiger partial charge in [0, 0.05) is 22.3 Å². The van der Waals surface area contributed by atoms with Crippen molar-refractivity contribution in [3.63, 3.8) is 0 Å². The maximum Gasteiger partial charge on any atom is 0.265 e. The summed E-state index contributed by atoms with van der Waals surface area (Å²) in [7, 11) is 0. The van der Waals surface area contributed by atoms with Gasteiger partial charge in [-0.15, -0.1) is 0 Å². The Morgan fingerprint density at radius 1 is 1.07 bits per heavy atom. The van der Waals surface area contributed by atoms with Gasteiger partial charge in [-0.2, -0.15) is 0 Å². The third-order valence-electron chi connectivity index (χ3n) is 4.59.